The number of hydrogen-bond acceptors (Lipinski definition) is 7. The van der Waals surface area contributed by atoms with Gasteiger partial charge in [0, 0.05) is 54.1 Å². The fourth-order valence-corrected chi connectivity index (χ4v) is 5.53. The molecule has 2 saturated heterocycles. The molecular formula is C24H26F2N6O. The zero-order valence-corrected chi connectivity index (χ0v) is 18.9. The molecule has 9 heteroatoms. The van der Waals surface area contributed by atoms with Gasteiger partial charge in [0.2, 0.25) is 0 Å². The second-order valence-electron chi connectivity index (χ2n) is 9.83. The third-order valence-corrected chi connectivity index (χ3v) is 7.08. The Labute approximate surface area is 190 Å². The second kappa shape index (κ2) is 6.96. The summed E-state index contributed by atoms with van der Waals surface area (Å²) in [7, 11) is 2.15. The number of hydrogen-bond donors (Lipinski definition) is 1. The largest absolute Gasteiger partial charge is 0.486 e. The summed E-state index contributed by atoms with van der Waals surface area (Å²) in [6.07, 6.45) is 1.85. The number of fused-ring (bicyclic) bond motifs is 2. The summed E-state index contributed by atoms with van der Waals surface area (Å²) in [5.41, 5.74) is 1.82. The van der Waals surface area contributed by atoms with Crippen molar-refractivity contribution >= 4 is 22.4 Å². The maximum atomic E-state index is 14.1. The first-order valence-electron chi connectivity index (χ1n) is 11.2. The number of nitrogens with one attached hydrogen (secondary N) is 1. The Balaban J connectivity index is 1.30. The number of ether oxygens (including phenoxy) is 1. The third kappa shape index (κ3) is 3.20. The van der Waals surface area contributed by atoms with Crippen molar-refractivity contribution in [3.63, 3.8) is 0 Å². The molecule has 3 aliphatic heterocycles. The molecule has 5 heterocycles. The summed E-state index contributed by atoms with van der Waals surface area (Å²) in [6.45, 7) is 7.48. The van der Waals surface area contributed by atoms with E-state index in [-0.39, 0.29) is 17.4 Å². The summed E-state index contributed by atoms with van der Waals surface area (Å²) < 4.78 is 33.7. The highest BCUT2D eigenvalue weighted by atomic mass is 19.3. The van der Waals surface area contributed by atoms with E-state index in [1.807, 2.05) is 26.1 Å². The molecule has 0 aliphatic carbocycles. The number of halogens is 2. The van der Waals surface area contributed by atoms with Gasteiger partial charge in [-0.1, -0.05) is 12.1 Å². The Morgan fingerprint density at radius 2 is 1.91 bits per heavy atom. The quantitative estimate of drug-likeness (QED) is 0.647. The molecular weight excluding hydrogens is 426 g/mol. The van der Waals surface area contributed by atoms with Crippen LogP contribution in [-0.4, -0.2) is 59.9 Å². The molecule has 0 amide bonds. The number of anilines is 2. The Morgan fingerprint density at radius 1 is 1.12 bits per heavy atom. The lowest BCUT2D eigenvalue weighted by Gasteiger charge is -2.59. The van der Waals surface area contributed by atoms with Gasteiger partial charge in [0.05, 0.1) is 17.3 Å². The summed E-state index contributed by atoms with van der Waals surface area (Å²) in [6, 6.07) is 6.64. The van der Waals surface area contributed by atoms with Gasteiger partial charge in [-0.05, 0) is 33.0 Å². The van der Waals surface area contributed by atoms with Crippen molar-refractivity contribution in [2.75, 3.05) is 50.1 Å². The number of rotatable bonds is 4. The Morgan fingerprint density at radius 3 is 2.67 bits per heavy atom. The van der Waals surface area contributed by atoms with E-state index in [4.69, 9.17) is 4.74 Å². The highest BCUT2D eigenvalue weighted by molar-refractivity contribution is 5.94. The minimum Gasteiger partial charge on any atom is -0.486 e. The molecule has 3 aliphatic rings. The van der Waals surface area contributed by atoms with E-state index >= 15 is 0 Å². The molecule has 6 rings (SSSR count). The first-order chi connectivity index (χ1) is 15.7. The van der Waals surface area contributed by atoms with E-state index in [1.54, 1.807) is 6.07 Å². The van der Waals surface area contributed by atoms with Gasteiger partial charge in [-0.2, -0.15) is 13.9 Å². The van der Waals surface area contributed by atoms with Crippen molar-refractivity contribution < 1.29 is 13.5 Å². The zero-order valence-electron chi connectivity index (χ0n) is 18.9. The van der Waals surface area contributed by atoms with Crippen LogP contribution in [0.25, 0.3) is 10.8 Å². The summed E-state index contributed by atoms with van der Waals surface area (Å²) in [4.78, 5) is 9.33. The van der Waals surface area contributed by atoms with Gasteiger partial charge < -0.3 is 19.9 Å². The first kappa shape index (κ1) is 20.5. The van der Waals surface area contributed by atoms with Crippen molar-refractivity contribution in [3.8, 4) is 5.75 Å². The molecule has 0 radical (unpaired) electrons. The van der Waals surface area contributed by atoms with Crippen LogP contribution in [-0.2, 0) is 5.92 Å². The van der Waals surface area contributed by atoms with Gasteiger partial charge in [0.15, 0.2) is 12.4 Å². The van der Waals surface area contributed by atoms with Crippen LogP contribution in [0.1, 0.15) is 29.8 Å². The lowest BCUT2D eigenvalue weighted by Crippen LogP contribution is -2.71. The number of para-hydroxylation sites is 1. The Hall–Kier alpha value is -3.07. The lowest BCUT2D eigenvalue weighted by atomic mass is 9.73. The summed E-state index contributed by atoms with van der Waals surface area (Å²) in [5, 5.41) is 13.9. The molecule has 172 valence electrons. The minimum atomic E-state index is -2.97. The van der Waals surface area contributed by atoms with E-state index in [9.17, 15) is 8.78 Å². The first-order valence-corrected chi connectivity index (χ1v) is 11.2. The molecule has 2 fully saturated rings. The van der Waals surface area contributed by atoms with Crippen LogP contribution >= 0.6 is 0 Å². The van der Waals surface area contributed by atoms with Crippen molar-refractivity contribution in [1.29, 1.82) is 0 Å². The molecule has 1 spiro atoms. The fraction of sp³-hybridized carbons (Fsp3) is 0.458. The fourth-order valence-electron chi connectivity index (χ4n) is 5.53. The van der Waals surface area contributed by atoms with Crippen molar-refractivity contribution in [3.05, 3.63) is 47.3 Å². The summed E-state index contributed by atoms with van der Waals surface area (Å²) in [5.74, 6) is -1.18. The minimum absolute atomic E-state index is 0.0617. The second-order valence-corrected chi connectivity index (χ2v) is 9.83. The maximum absolute atomic E-state index is 14.1. The number of aryl methyl sites for hydroxylation is 1. The molecule has 1 atom stereocenters. The van der Waals surface area contributed by atoms with E-state index < -0.39 is 12.5 Å². The number of alkyl halides is 2. The van der Waals surface area contributed by atoms with Gasteiger partial charge >= 0.3 is 5.92 Å². The van der Waals surface area contributed by atoms with E-state index in [1.165, 1.54) is 6.07 Å². The Bertz CT molecular complexity index is 1250. The van der Waals surface area contributed by atoms with Crippen molar-refractivity contribution in [2.45, 2.75) is 25.8 Å². The molecule has 1 N–H and O–H groups in total. The Kier molecular flexibility index (Phi) is 4.33. The normalized spacial score (nSPS) is 21.3. The summed E-state index contributed by atoms with van der Waals surface area (Å²) >= 11 is 0. The van der Waals surface area contributed by atoms with Gasteiger partial charge in [0.25, 0.3) is 0 Å². The molecule has 3 aromatic rings. The number of nitrogens with zero attached hydrogens (tertiary/aromatic N) is 5. The standard InChI is InChI=1S/C24H26F2N6O/c1-14(16-5-4-6-19-21(16)33-13-24(19,25)26)28-22-17-7-20(27-8-18(17)15(2)29-30-22)32-11-23(12-32)9-31(3)10-23/h4-8,14H,9-13H2,1-3H3,(H,28,30)/t14-/m1/s1. The predicted molar refractivity (Wildman–Crippen MR) is 122 cm³/mol. The SMILES string of the molecule is Cc1nnc(N[C@H](C)c2cccc3c2OCC3(F)F)c2cc(N3CC4(CN(C)C4)C3)ncc12. The zero-order chi connectivity index (χ0) is 23.0. The highest BCUT2D eigenvalue weighted by Crippen LogP contribution is 2.45. The van der Waals surface area contributed by atoms with E-state index in [2.05, 4.69) is 43.4 Å². The van der Waals surface area contributed by atoms with Crippen LogP contribution in [0.15, 0.2) is 30.5 Å². The maximum Gasteiger partial charge on any atom is 0.310 e. The molecule has 0 unspecified atom stereocenters. The number of pyridine rings is 1. The average Bonchev–Trinajstić information content (AvgIpc) is 3.06. The van der Waals surface area contributed by atoms with Gasteiger partial charge in [-0.3, -0.25) is 0 Å². The molecule has 7 nitrogen and oxygen atoms in total. The van der Waals surface area contributed by atoms with Gasteiger partial charge in [-0.15, -0.1) is 5.10 Å². The van der Waals surface area contributed by atoms with Crippen molar-refractivity contribution in [1.82, 2.24) is 20.1 Å². The van der Waals surface area contributed by atoms with Crippen LogP contribution in [0.4, 0.5) is 20.4 Å². The third-order valence-electron chi connectivity index (χ3n) is 7.08. The molecule has 1 aromatic carbocycles. The molecule has 2 aromatic heterocycles. The molecule has 0 bridgehead atoms. The number of likely N-dealkylation sites (tertiary alicyclic amines) is 1. The van der Waals surface area contributed by atoms with E-state index in [0.717, 1.165) is 48.5 Å². The number of aromatic nitrogens is 3. The van der Waals surface area contributed by atoms with Crippen LogP contribution in [0.5, 0.6) is 5.75 Å². The monoisotopic (exact) mass is 452 g/mol. The van der Waals surface area contributed by atoms with Crippen LogP contribution in [0, 0.1) is 12.3 Å². The molecule has 33 heavy (non-hydrogen) atoms. The predicted octanol–water partition coefficient (Wildman–Crippen LogP) is 3.74. The van der Waals surface area contributed by atoms with Crippen LogP contribution in [0.2, 0.25) is 0 Å². The lowest BCUT2D eigenvalue weighted by molar-refractivity contribution is -0.0214. The van der Waals surface area contributed by atoms with Crippen LogP contribution in [0.3, 0.4) is 0 Å². The molecule has 0 saturated carbocycles. The smallest absolute Gasteiger partial charge is 0.310 e. The highest BCUT2D eigenvalue weighted by Gasteiger charge is 2.50. The van der Waals surface area contributed by atoms with Gasteiger partial charge in [-0.25, -0.2) is 4.98 Å². The number of benzene rings is 1. The van der Waals surface area contributed by atoms with E-state index in [0.29, 0.717) is 16.8 Å². The van der Waals surface area contributed by atoms with Crippen molar-refractivity contribution in [2.24, 2.45) is 5.41 Å². The van der Waals surface area contributed by atoms with Gasteiger partial charge in [0.1, 0.15) is 11.6 Å². The van der Waals surface area contributed by atoms with Crippen LogP contribution < -0.4 is 15.0 Å². The topological polar surface area (TPSA) is 66.4 Å². The average molecular weight is 453 g/mol.